The minimum atomic E-state index is -0.846. The molecule has 2 aromatic carbocycles. The number of esters is 1. The highest BCUT2D eigenvalue weighted by atomic mass is 32.1. The number of anilines is 1. The molecule has 11 heteroatoms. The maximum atomic E-state index is 14.1. The number of carbonyl (C=O) groups is 3. The van der Waals surface area contributed by atoms with Gasteiger partial charge in [0.25, 0.3) is 11.5 Å². The third-order valence-corrected chi connectivity index (χ3v) is 7.51. The lowest BCUT2D eigenvalue weighted by atomic mass is 9.95. The number of thiazole rings is 1. The van der Waals surface area contributed by atoms with Gasteiger partial charge in [0, 0.05) is 5.56 Å². The van der Waals surface area contributed by atoms with Crippen molar-refractivity contribution in [1.29, 1.82) is 0 Å². The molecule has 0 saturated carbocycles. The zero-order valence-electron chi connectivity index (χ0n) is 21.8. The number of carbonyl (C=O) groups excluding carboxylic acids is 3. The number of nitrogens with two attached hydrogens (primary N) is 1. The number of hydrogen-bond acceptors (Lipinski definition) is 8. The van der Waals surface area contributed by atoms with E-state index in [-0.39, 0.29) is 28.3 Å². The standard InChI is InChI=1S/C28H26N4O6S/c1-14(2)38-27(36)21-15(3)30-28-32(23(21)16-9-11-17(37-4)12-10-16)26(35)24(39-28)22-18-7-5-6-8-19(18)31(25(22)34)13-20(29)33/h5-12,14,23H,13H2,1-4H3,(H2,29,33)/b24-22-/t23-/m1/s1. The van der Waals surface area contributed by atoms with Crippen LogP contribution in [0.2, 0.25) is 0 Å². The van der Waals surface area contributed by atoms with Crippen LogP contribution < -0.4 is 30.3 Å². The molecule has 2 N–H and O–H groups in total. The van der Waals surface area contributed by atoms with Crippen molar-refractivity contribution >= 4 is 40.4 Å². The molecule has 39 heavy (non-hydrogen) atoms. The quantitative estimate of drug-likeness (QED) is 0.465. The van der Waals surface area contributed by atoms with Gasteiger partial charge in [-0.05, 0) is 44.5 Å². The Morgan fingerprint density at radius 3 is 2.44 bits per heavy atom. The number of methoxy groups -OCH3 is 1. The molecule has 0 saturated heterocycles. The third kappa shape index (κ3) is 4.44. The summed E-state index contributed by atoms with van der Waals surface area (Å²) in [6.07, 6.45) is -0.384. The number of nitrogens with zero attached hydrogens (tertiary/aromatic N) is 3. The first-order chi connectivity index (χ1) is 18.6. The fourth-order valence-corrected chi connectivity index (χ4v) is 5.96. The van der Waals surface area contributed by atoms with Gasteiger partial charge >= 0.3 is 5.97 Å². The molecule has 1 atom stereocenters. The number of benzene rings is 2. The van der Waals surface area contributed by atoms with Crippen molar-refractivity contribution in [2.75, 3.05) is 18.6 Å². The zero-order valence-corrected chi connectivity index (χ0v) is 22.6. The second kappa shape index (κ2) is 9.99. The van der Waals surface area contributed by atoms with Crippen LogP contribution in [0.15, 0.2) is 69.6 Å². The fraction of sp³-hybridized carbons (Fsp3) is 0.250. The molecule has 2 amide bonds. The van der Waals surface area contributed by atoms with Crippen molar-refractivity contribution in [2.24, 2.45) is 10.7 Å². The summed E-state index contributed by atoms with van der Waals surface area (Å²) in [5, 5.41) is 0. The molecule has 0 aliphatic carbocycles. The van der Waals surface area contributed by atoms with Crippen molar-refractivity contribution in [3.8, 4) is 5.75 Å². The van der Waals surface area contributed by atoms with Crippen molar-refractivity contribution in [2.45, 2.75) is 32.9 Å². The first-order valence-corrected chi connectivity index (χ1v) is 13.0. The van der Waals surface area contributed by atoms with Gasteiger partial charge in [-0.1, -0.05) is 41.7 Å². The van der Waals surface area contributed by atoms with Crippen molar-refractivity contribution in [1.82, 2.24) is 4.57 Å². The van der Waals surface area contributed by atoms with Crippen LogP contribution in [0.3, 0.4) is 0 Å². The molecule has 3 heterocycles. The Morgan fingerprint density at radius 1 is 1.10 bits per heavy atom. The summed E-state index contributed by atoms with van der Waals surface area (Å²) < 4.78 is 12.4. The molecule has 0 fully saturated rings. The van der Waals surface area contributed by atoms with Crippen LogP contribution in [0.25, 0.3) is 5.57 Å². The van der Waals surface area contributed by atoms with E-state index in [4.69, 9.17) is 15.2 Å². The molecular formula is C28H26N4O6S. The number of hydrogen-bond donors (Lipinski definition) is 1. The summed E-state index contributed by atoms with van der Waals surface area (Å²) in [5.74, 6) is -1.15. The van der Waals surface area contributed by atoms with Gasteiger partial charge < -0.3 is 15.2 Å². The van der Waals surface area contributed by atoms with Crippen LogP contribution in [0.4, 0.5) is 5.69 Å². The first kappa shape index (κ1) is 26.1. The topological polar surface area (TPSA) is 133 Å². The minimum Gasteiger partial charge on any atom is -0.497 e. The van der Waals surface area contributed by atoms with Gasteiger partial charge in [-0.15, -0.1) is 0 Å². The molecule has 2 aliphatic rings. The molecule has 0 bridgehead atoms. The van der Waals surface area contributed by atoms with Crippen LogP contribution in [-0.4, -0.2) is 42.1 Å². The lowest BCUT2D eigenvalue weighted by Crippen LogP contribution is -2.41. The number of ether oxygens (including phenoxy) is 2. The molecule has 10 nitrogen and oxygen atoms in total. The highest BCUT2D eigenvalue weighted by molar-refractivity contribution is 7.07. The maximum Gasteiger partial charge on any atom is 0.338 e. The summed E-state index contributed by atoms with van der Waals surface area (Å²) >= 11 is 1.06. The average molecular weight is 547 g/mol. The zero-order chi connectivity index (χ0) is 28.0. The number of allylic oxidation sites excluding steroid dienone is 1. The second-order valence-electron chi connectivity index (χ2n) is 9.38. The van der Waals surface area contributed by atoms with E-state index < -0.39 is 29.4 Å². The van der Waals surface area contributed by atoms with Gasteiger partial charge in [0.15, 0.2) is 4.80 Å². The molecule has 0 unspecified atom stereocenters. The van der Waals surface area contributed by atoms with Gasteiger partial charge in [0.2, 0.25) is 5.91 Å². The molecule has 3 aromatic rings. The van der Waals surface area contributed by atoms with Crippen LogP contribution in [0.5, 0.6) is 5.75 Å². The van der Waals surface area contributed by atoms with E-state index in [0.717, 1.165) is 11.3 Å². The van der Waals surface area contributed by atoms with E-state index in [1.54, 1.807) is 76.4 Å². The normalized spacial score (nSPS) is 17.6. The highest BCUT2D eigenvalue weighted by Crippen LogP contribution is 2.35. The number of primary amides is 1. The number of rotatable bonds is 6. The van der Waals surface area contributed by atoms with Crippen LogP contribution in [0, 0.1) is 0 Å². The Hall–Kier alpha value is -4.51. The van der Waals surface area contributed by atoms with Gasteiger partial charge in [-0.25, -0.2) is 9.79 Å². The number of para-hydroxylation sites is 1. The van der Waals surface area contributed by atoms with Crippen molar-refractivity contribution in [3.05, 3.63) is 90.6 Å². The predicted molar refractivity (Wildman–Crippen MR) is 145 cm³/mol. The van der Waals surface area contributed by atoms with E-state index in [2.05, 4.69) is 4.99 Å². The molecular weight excluding hydrogens is 520 g/mol. The average Bonchev–Trinajstić information content (AvgIpc) is 3.35. The molecule has 5 rings (SSSR count). The minimum absolute atomic E-state index is 0.156. The number of fused-ring (bicyclic) bond motifs is 2. The maximum absolute atomic E-state index is 14.1. The summed E-state index contributed by atoms with van der Waals surface area (Å²) in [6.45, 7) is 4.86. The molecule has 0 spiro atoms. The summed E-state index contributed by atoms with van der Waals surface area (Å²) in [6, 6.07) is 13.1. The molecule has 2 aliphatic heterocycles. The lowest BCUT2D eigenvalue weighted by Gasteiger charge is -2.25. The number of amides is 2. The van der Waals surface area contributed by atoms with Gasteiger partial charge in [-0.2, -0.15) is 0 Å². The van der Waals surface area contributed by atoms with E-state index in [1.807, 2.05) is 0 Å². The Labute approximate surface area is 227 Å². The van der Waals surface area contributed by atoms with E-state index >= 15 is 0 Å². The van der Waals surface area contributed by atoms with Crippen molar-refractivity contribution < 1.29 is 23.9 Å². The molecule has 200 valence electrons. The monoisotopic (exact) mass is 546 g/mol. The smallest absolute Gasteiger partial charge is 0.338 e. The fourth-order valence-electron chi connectivity index (χ4n) is 4.82. The predicted octanol–water partition coefficient (Wildman–Crippen LogP) is 1.40. The van der Waals surface area contributed by atoms with Gasteiger partial charge in [-0.3, -0.25) is 23.9 Å². The van der Waals surface area contributed by atoms with Gasteiger partial charge in [0.1, 0.15) is 16.8 Å². The lowest BCUT2D eigenvalue weighted by molar-refractivity contribution is -0.143. The second-order valence-corrected chi connectivity index (χ2v) is 10.4. The Kier molecular flexibility index (Phi) is 6.69. The summed E-state index contributed by atoms with van der Waals surface area (Å²) in [4.78, 5) is 58.9. The number of aromatic nitrogens is 1. The Bertz CT molecular complexity index is 1730. The van der Waals surface area contributed by atoms with Gasteiger partial charge in [0.05, 0.1) is 41.8 Å². The van der Waals surface area contributed by atoms with Crippen molar-refractivity contribution in [3.63, 3.8) is 0 Å². The van der Waals surface area contributed by atoms with E-state index in [1.165, 1.54) is 9.47 Å². The van der Waals surface area contributed by atoms with Crippen LogP contribution in [0.1, 0.15) is 37.9 Å². The largest absolute Gasteiger partial charge is 0.497 e. The van der Waals surface area contributed by atoms with Crippen LogP contribution in [-0.2, 0) is 19.1 Å². The van der Waals surface area contributed by atoms with E-state index in [0.29, 0.717) is 33.1 Å². The molecule has 1 aromatic heterocycles. The first-order valence-electron chi connectivity index (χ1n) is 12.2. The SMILES string of the molecule is COc1ccc([C@@H]2C(C(=O)OC(C)C)=C(C)N=c3s/c(=C4\C(=O)N(CC(N)=O)c5ccccc54)c(=O)n32)cc1. The van der Waals surface area contributed by atoms with Crippen LogP contribution >= 0.6 is 11.3 Å². The Morgan fingerprint density at radius 2 is 1.79 bits per heavy atom. The Balaban J connectivity index is 1.78. The molecule has 0 radical (unpaired) electrons. The summed E-state index contributed by atoms with van der Waals surface area (Å²) in [7, 11) is 1.55. The highest BCUT2D eigenvalue weighted by Gasteiger charge is 2.37. The third-order valence-electron chi connectivity index (χ3n) is 6.46. The van der Waals surface area contributed by atoms with E-state index in [9.17, 15) is 19.2 Å². The summed E-state index contributed by atoms with van der Waals surface area (Å²) in [5.41, 5.74) is 7.38.